The van der Waals surface area contributed by atoms with Crippen LogP contribution in [0.3, 0.4) is 0 Å². The van der Waals surface area contributed by atoms with Gasteiger partial charge in [0, 0.05) is 5.02 Å². The highest BCUT2D eigenvalue weighted by Gasteiger charge is 2.38. The summed E-state index contributed by atoms with van der Waals surface area (Å²) in [6.45, 7) is 0.333. The second kappa shape index (κ2) is 4.39. The summed E-state index contributed by atoms with van der Waals surface area (Å²) in [6.07, 6.45) is 4.67. The summed E-state index contributed by atoms with van der Waals surface area (Å²) in [5.74, 6) is -1.85. The third-order valence-electron chi connectivity index (χ3n) is 3.15. The zero-order valence-corrected chi connectivity index (χ0v) is 11.2. The second-order valence-electron chi connectivity index (χ2n) is 4.41. The Hall–Kier alpha value is -1.26. The maximum atomic E-state index is 10.1. The fourth-order valence-corrected chi connectivity index (χ4v) is 2.44. The Labute approximate surface area is 120 Å². The smallest absolute Gasteiger partial charge is 0.231 e. The summed E-state index contributed by atoms with van der Waals surface area (Å²) in [7, 11) is 0. The normalized spacial score (nSPS) is 20.1. The van der Waals surface area contributed by atoms with Gasteiger partial charge in [0.25, 0.3) is 0 Å². The maximum Gasteiger partial charge on any atom is 0.231 e. The van der Waals surface area contributed by atoms with Crippen molar-refractivity contribution in [2.75, 3.05) is 0 Å². The summed E-state index contributed by atoms with van der Waals surface area (Å²) in [4.78, 5) is 0. The largest absolute Gasteiger partial charge is 0.488 e. The van der Waals surface area contributed by atoms with Crippen LogP contribution in [0.4, 0.5) is 0 Å². The molecule has 0 amide bonds. The van der Waals surface area contributed by atoms with Gasteiger partial charge in [0.1, 0.15) is 12.4 Å². The first-order valence-corrected chi connectivity index (χ1v) is 6.40. The molecule has 1 aliphatic carbocycles. The van der Waals surface area contributed by atoms with Gasteiger partial charge in [-0.2, -0.15) is 0 Å². The van der Waals surface area contributed by atoms with E-state index in [0.29, 0.717) is 17.4 Å². The molecular formula is C14H10Cl2O3. The molecule has 0 aromatic heterocycles. The van der Waals surface area contributed by atoms with Crippen LogP contribution in [0.1, 0.15) is 11.1 Å². The van der Waals surface area contributed by atoms with Gasteiger partial charge in [0.2, 0.25) is 5.79 Å². The Morgan fingerprint density at radius 2 is 1.95 bits per heavy atom. The van der Waals surface area contributed by atoms with Gasteiger partial charge in [0.15, 0.2) is 0 Å². The number of fused-ring (bicyclic) bond motifs is 2. The molecule has 0 unspecified atom stereocenters. The topological polar surface area (TPSA) is 49.7 Å². The molecule has 0 radical (unpaired) electrons. The highest BCUT2D eigenvalue weighted by Crippen LogP contribution is 2.39. The zero-order valence-electron chi connectivity index (χ0n) is 9.73. The Balaban J connectivity index is 2.19. The molecule has 3 rings (SSSR count). The lowest BCUT2D eigenvalue weighted by Crippen LogP contribution is -2.34. The van der Waals surface area contributed by atoms with E-state index in [1.54, 1.807) is 24.3 Å². The van der Waals surface area contributed by atoms with E-state index in [1.807, 2.05) is 6.07 Å². The van der Waals surface area contributed by atoms with Crippen LogP contribution in [0.5, 0.6) is 0 Å². The van der Waals surface area contributed by atoms with Gasteiger partial charge in [-0.15, -0.1) is 0 Å². The molecule has 0 bridgehead atoms. The third kappa shape index (κ3) is 2.09. The molecule has 2 aliphatic rings. The second-order valence-corrected chi connectivity index (χ2v) is 5.25. The molecule has 1 aromatic carbocycles. The van der Waals surface area contributed by atoms with Crippen molar-refractivity contribution in [2.45, 2.75) is 12.4 Å². The van der Waals surface area contributed by atoms with Crippen molar-refractivity contribution in [3.8, 4) is 0 Å². The van der Waals surface area contributed by atoms with Crippen LogP contribution in [-0.4, -0.2) is 16.0 Å². The van der Waals surface area contributed by atoms with Crippen LogP contribution in [0, 0.1) is 0 Å². The molecule has 98 valence electrons. The van der Waals surface area contributed by atoms with Crippen LogP contribution >= 0.6 is 23.2 Å². The van der Waals surface area contributed by atoms with Crippen molar-refractivity contribution >= 4 is 29.3 Å². The van der Waals surface area contributed by atoms with E-state index in [9.17, 15) is 10.2 Å². The molecule has 5 heteroatoms. The molecule has 3 nitrogen and oxygen atoms in total. The van der Waals surface area contributed by atoms with E-state index in [-0.39, 0.29) is 10.6 Å². The third-order valence-corrected chi connectivity index (χ3v) is 3.77. The van der Waals surface area contributed by atoms with Crippen molar-refractivity contribution in [3.05, 3.63) is 62.9 Å². The number of allylic oxidation sites excluding steroid dienone is 2. The van der Waals surface area contributed by atoms with Crippen LogP contribution < -0.4 is 0 Å². The molecule has 0 atom stereocenters. The summed E-state index contributed by atoms with van der Waals surface area (Å²) in [6, 6.07) is 5.36. The molecule has 0 saturated carbocycles. The lowest BCUT2D eigenvalue weighted by molar-refractivity contribution is -0.0909. The van der Waals surface area contributed by atoms with Crippen molar-refractivity contribution in [3.63, 3.8) is 0 Å². The monoisotopic (exact) mass is 296 g/mol. The minimum absolute atomic E-state index is 0.0726. The Morgan fingerprint density at radius 1 is 1.16 bits per heavy atom. The number of benzene rings is 1. The Bertz CT molecular complexity index is 642. The van der Waals surface area contributed by atoms with Gasteiger partial charge in [-0.25, -0.2) is 0 Å². The molecular weight excluding hydrogens is 287 g/mol. The zero-order chi connectivity index (χ0) is 13.6. The van der Waals surface area contributed by atoms with Crippen molar-refractivity contribution in [2.24, 2.45) is 0 Å². The van der Waals surface area contributed by atoms with E-state index < -0.39 is 5.79 Å². The fourth-order valence-electron chi connectivity index (χ4n) is 2.10. The summed E-state index contributed by atoms with van der Waals surface area (Å²) >= 11 is 11.8. The van der Waals surface area contributed by atoms with Gasteiger partial charge in [-0.05, 0) is 41.5 Å². The van der Waals surface area contributed by atoms with E-state index in [2.05, 4.69) is 0 Å². The summed E-state index contributed by atoms with van der Waals surface area (Å²) < 4.78 is 5.58. The highest BCUT2D eigenvalue weighted by molar-refractivity contribution is 6.31. The molecule has 0 fully saturated rings. The maximum absolute atomic E-state index is 10.1. The number of aliphatic hydroxyl groups is 2. The molecule has 19 heavy (non-hydrogen) atoms. The first kappa shape index (κ1) is 12.8. The summed E-state index contributed by atoms with van der Waals surface area (Å²) in [5, 5.41) is 20.7. The highest BCUT2D eigenvalue weighted by atomic mass is 35.5. The quantitative estimate of drug-likeness (QED) is 0.724. The van der Waals surface area contributed by atoms with Crippen molar-refractivity contribution in [1.82, 2.24) is 0 Å². The Morgan fingerprint density at radius 3 is 2.74 bits per heavy atom. The minimum Gasteiger partial charge on any atom is -0.488 e. The first-order valence-electron chi connectivity index (χ1n) is 5.65. The molecule has 0 saturated heterocycles. The average molecular weight is 297 g/mol. The predicted octanol–water partition coefficient (Wildman–Crippen LogP) is 2.95. The van der Waals surface area contributed by atoms with Gasteiger partial charge < -0.3 is 14.9 Å². The van der Waals surface area contributed by atoms with Crippen LogP contribution in [0.2, 0.25) is 5.02 Å². The van der Waals surface area contributed by atoms with Crippen molar-refractivity contribution < 1.29 is 14.9 Å². The number of ether oxygens (including phenoxy) is 1. The molecule has 1 aromatic rings. The first-order chi connectivity index (χ1) is 8.98. The van der Waals surface area contributed by atoms with Gasteiger partial charge in [-0.1, -0.05) is 29.3 Å². The van der Waals surface area contributed by atoms with Gasteiger partial charge in [-0.3, -0.25) is 0 Å². The van der Waals surface area contributed by atoms with E-state index in [0.717, 1.165) is 11.1 Å². The van der Waals surface area contributed by atoms with Crippen LogP contribution in [0.25, 0.3) is 6.08 Å². The van der Waals surface area contributed by atoms with E-state index in [1.165, 1.54) is 6.08 Å². The van der Waals surface area contributed by atoms with Gasteiger partial charge >= 0.3 is 0 Å². The minimum atomic E-state index is -2.24. The lowest BCUT2D eigenvalue weighted by atomic mass is 9.96. The standard InChI is InChI=1S/C14H10Cl2O3/c15-10-2-1-8-7-19-12-3-4-13(16)14(17,18)11(12)6-9(8)5-10/h1-6,17-18H,7H2. The number of hydrogen-bond acceptors (Lipinski definition) is 3. The lowest BCUT2D eigenvalue weighted by Gasteiger charge is -2.27. The number of rotatable bonds is 0. The predicted molar refractivity (Wildman–Crippen MR) is 73.4 cm³/mol. The molecule has 2 N–H and O–H groups in total. The molecule has 1 aliphatic heterocycles. The van der Waals surface area contributed by atoms with Crippen LogP contribution in [0.15, 0.2) is 46.7 Å². The molecule has 1 heterocycles. The molecule has 0 spiro atoms. The summed E-state index contributed by atoms with van der Waals surface area (Å²) in [5.41, 5.74) is 1.91. The van der Waals surface area contributed by atoms with Crippen molar-refractivity contribution in [1.29, 1.82) is 0 Å². The van der Waals surface area contributed by atoms with E-state index >= 15 is 0 Å². The SMILES string of the molecule is OC1(O)C(Cl)=CC=C2OCc3ccc(Cl)cc3C=C21. The van der Waals surface area contributed by atoms with Gasteiger partial charge in [0.05, 0.1) is 10.6 Å². The van der Waals surface area contributed by atoms with Crippen LogP contribution in [-0.2, 0) is 11.3 Å². The average Bonchev–Trinajstić information content (AvgIpc) is 2.54. The number of halogens is 2. The fraction of sp³-hybridized carbons (Fsp3) is 0.143. The number of hydrogen-bond donors (Lipinski definition) is 2. The van der Waals surface area contributed by atoms with E-state index in [4.69, 9.17) is 27.9 Å². The Kier molecular flexibility index (Phi) is 2.95.